The molecule has 3 aromatic carbocycles. The molecule has 5 unspecified atom stereocenters. The molecule has 5 atom stereocenters. The van der Waals surface area contributed by atoms with Gasteiger partial charge >= 0.3 is 0 Å². The Morgan fingerprint density at radius 1 is 0.605 bits per heavy atom. The average Bonchev–Trinajstić information content (AvgIpc) is 3.31. The zero-order chi connectivity index (χ0) is 30.4. The van der Waals surface area contributed by atoms with E-state index in [1.54, 1.807) is 0 Å². The van der Waals surface area contributed by atoms with Gasteiger partial charge in [0.2, 0.25) is 0 Å². The van der Waals surface area contributed by atoms with E-state index in [1.165, 1.54) is 22.3 Å². The van der Waals surface area contributed by atoms with E-state index in [-0.39, 0.29) is 40.3 Å². The average molecular weight is 573 g/mol. The minimum Gasteiger partial charge on any atom is -0.483 e. The third kappa shape index (κ3) is 3.17. The molecule has 0 aromatic heterocycles. The van der Waals surface area contributed by atoms with Gasteiger partial charge in [0, 0.05) is 5.41 Å². The monoisotopic (exact) mass is 572 g/mol. The van der Waals surface area contributed by atoms with Gasteiger partial charge in [0.05, 0.1) is 0 Å². The highest BCUT2D eigenvalue weighted by molar-refractivity contribution is 5.76. The molecule has 1 spiro atoms. The smallest absolute Gasteiger partial charge is 0.189 e. The summed E-state index contributed by atoms with van der Waals surface area (Å²) in [5, 5.41) is 20.4. The van der Waals surface area contributed by atoms with Crippen molar-refractivity contribution < 1.29 is 18.9 Å². The van der Waals surface area contributed by atoms with Gasteiger partial charge in [-0.1, -0.05) is 41.5 Å². The highest BCUT2D eigenvalue weighted by Gasteiger charge is 2.57. The maximum Gasteiger partial charge on any atom is 0.189 e. The van der Waals surface area contributed by atoms with Gasteiger partial charge in [-0.15, -0.1) is 0 Å². The molecule has 0 saturated heterocycles. The Morgan fingerprint density at radius 2 is 0.977 bits per heavy atom. The first-order valence-corrected chi connectivity index (χ1v) is 15.4. The Balaban J connectivity index is 1.32. The molecule has 0 bridgehead atoms. The number of ether oxygens (including phenoxy) is 4. The Bertz CT molecular complexity index is 1890. The lowest BCUT2D eigenvalue weighted by Crippen LogP contribution is -2.35. The second-order valence-corrected chi connectivity index (χ2v) is 14.8. The number of nitriles is 2. The van der Waals surface area contributed by atoms with Crippen molar-refractivity contribution in [3.8, 4) is 46.6 Å². The predicted molar refractivity (Wildman–Crippen MR) is 162 cm³/mol. The van der Waals surface area contributed by atoms with Crippen LogP contribution in [0.2, 0.25) is 0 Å². The Hall–Kier alpha value is -4.16. The molecule has 0 radical (unpaired) electrons. The van der Waals surface area contributed by atoms with Crippen LogP contribution < -0.4 is 18.9 Å². The molecule has 0 N–H and O–H groups in total. The van der Waals surface area contributed by atoms with Crippen molar-refractivity contribution in [3.05, 3.63) is 68.8 Å². The maximum absolute atomic E-state index is 10.2. The zero-order valence-electron chi connectivity index (χ0n) is 26.1. The van der Waals surface area contributed by atoms with Gasteiger partial charge in [-0.05, 0) is 107 Å². The first kappa shape index (κ1) is 26.5. The summed E-state index contributed by atoms with van der Waals surface area (Å²) in [6, 6.07) is 13.5. The number of hydrogen-bond acceptors (Lipinski definition) is 6. The third-order valence-electron chi connectivity index (χ3n) is 11.2. The van der Waals surface area contributed by atoms with E-state index in [4.69, 9.17) is 18.9 Å². The van der Waals surface area contributed by atoms with E-state index in [0.717, 1.165) is 35.5 Å². The van der Waals surface area contributed by atoms with Crippen molar-refractivity contribution in [2.24, 2.45) is 0 Å². The minimum absolute atomic E-state index is 0.00954. The van der Waals surface area contributed by atoms with Crippen LogP contribution in [0.1, 0.15) is 125 Å². The summed E-state index contributed by atoms with van der Waals surface area (Å²) in [7, 11) is 0. The van der Waals surface area contributed by atoms with E-state index >= 15 is 0 Å². The van der Waals surface area contributed by atoms with E-state index in [0.29, 0.717) is 34.1 Å². The molecule has 0 saturated carbocycles. The van der Waals surface area contributed by atoms with E-state index < -0.39 is 0 Å². The Kier molecular flexibility index (Phi) is 4.96. The highest BCUT2D eigenvalue weighted by Crippen LogP contribution is 2.66. The summed E-state index contributed by atoms with van der Waals surface area (Å²) >= 11 is 0. The fourth-order valence-corrected chi connectivity index (χ4v) is 8.98. The number of rotatable bonds is 0. The van der Waals surface area contributed by atoms with Crippen molar-refractivity contribution in [3.63, 3.8) is 0 Å². The fourth-order valence-electron chi connectivity index (χ4n) is 8.98. The quantitative estimate of drug-likeness (QED) is 0.209. The van der Waals surface area contributed by atoms with Crippen LogP contribution in [0.15, 0.2) is 24.3 Å². The lowest BCUT2D eigenvalue weighted by Gasteiger charge is -2.39. The molecule has 5 aliphatic rings. The summed E-state index contributed by atoms with van der Waals surface area (Å²) in [5.41, 5.74) is 7.38. The van der Waals surface area contributed by atoms with Gasteiger partial charge in [0.25, 0.3) is 0 Å². The molecule has 0 fully saturated rings. The SMILES string of the molecule is CC1Oc2cc3c(cc2OC1C)C1(CC(C)(C)c2cc4c(cc21)Oc1c(C#N)c2c(c(C#N)c1O4)C(C)C2C)CC3(C)C. The third-order valence-corrected chi connectivity index (χ3v) is 11.2. The van der Waals surface area contributed by atoms with Crippen molar-refractivity contribution in [1.29, 1.82) is 10.5 Å². The molecule has 3 aromatic rings. The second-order valence-electron chi connectivity index (χ2n) is 14.8. The maximum atomic E-state index is 10.2. The van der Waals surface area contributed by atoms with E-state index in [9.17, 15) is 10.5 Å². The lowest BCUT2D eigenvalue weighted by atomic mass is 9.66. The summed E-state index contributed by atoms with van der Waals surface area (Å²) in [6.07, 6.45) is 1.84. The van der Waals surface area contributed by atoms with Crippen molar-refractivity contribution in [2.45, 2.75) is 109 Å². The summed E-state index contributed by atoms with van der Waals surface area (Å²) in [6.45, 7) is 17.6. The largest absolute Gasteiger partial charge is 0.483 e. The second kappa shape index (κ2) is 8.06. The summed E-state index contributed by atoms with van der Waals surface area (Å²) in [5.74, 6) is 3.92. The van der Waals surface area contributed by atoms with Crippen LogP contribution in [-0.2, 0) is 16.2 Å². The van der Waals surface area contributed by atoms with Crippen LogP contribution in [0.4, 0.5) is 0 Å². The number of fused-ring (bicyclic) bond motifs is 8. The van der Waals surface area contributed by atoms with Gasteiger partial charge in [0.1, 0.15) is 35.5 Å². The van der Waals surface area contributed by atoms with Crippen molar-refractivity contribution in [1.82, 2.24) is 0 Å². The number of benzene rings is 3. The van der Waals surface area contributed by atoms with Crippen LogP contribution in [-0.4, -0.2) is 12.2 Å². The molecule has 2 heterocycles. The Labute approximate surface area is 253 Å². The van der Waals surface area contributed by atoms with Gasteiger partial charge < -0.3 is 18.9 Å². The van der Waals surface area contributed by atoms with Gasteiger partial charge in [-0.3, -0.25) is 0 Å². The molecular formula is C37H36N2O4. The predicted octanol–water partition coefficient (Wildman–Crippen LogP) is 8.75. The summed E-state index contributed by atoms with van der Waals surface area (Å²) < 4.78 is 25.8. The van der Waals surface area contributed by atoms with Crippen molar-refractivity contribution in [2.75, 3.05) is 0 Å². The normalized spacial score (nSPS) is 29.0. The number of nitrogens with zero attached hydrogens (tertiary/aromatic N) is 2. The van der Waals surface area contributed by atoms with Crippen molar-refractivity contribution >= 4 is 0 Å². The van der Waals surface area contributed by atoms with Crippen LogP contribution in [0, 0.1) is 22.7 Å². The summed E-state index contributed by atoms with van der Waals surface area (Å²) in [4.78, 5) is 0. The van der Waals surface area contributed by atoms with Crippen LogP contribution in [0.25, 0.3) is 0 Å². The molecule has 2 aliphatic heterocycles. The van der Waals surface area contributed by atoms with Gasteiger partial charge in [-0.2, -0.15) is 10.5 Å². The molecular weight excluding hydrogens is 536 g/mol. The highest BCUT2D eigenvalue weighted by atomic mass is 16.6. The lowest BCUT2D eigenvalue weighted by molar-refractivity contribution is 0.0427. The minimum atomic E-state index is -0.249. The van der Waals surface area contributed by atoms with Crippen LogP contribution >= 0.6 is 0 Å². The molecule has 0 amide bonds. The molecule has 8 rings (SSSR count). The van der Waals surface area contributed by atoms with E-state index in [1.807, 2.05) is 0 Å². The molecule has 6 nitrogen and oxygen atoms in total. The molecule has 43 heavy (non-hydrogen) atoms. The zero-order valence-corrected chi connectivity index (χ0v) is 26.1. The first-order valence-electron chi connectivity index (χ1n) is 15.4. The van der Waals surface area contributed by atoms with Crippen LogP contribution in [0.5, 0.6) is 34.5 Å². The van der Waals surface area contributed by atoms with Gasteiger partial charge in [0.15, 0.2) is 34.5 Å². The number of hydrogen-bond donors (Lipinski definition) is 0. The first-order chi connectivity index (χ1) is 20.3. The Morgan fingerprint density at radius 3 is 1.40 bits per heavy atom. The fraction of sp³-hybridized carbons (Fsp3) is 0.459. The topological polar surface area (TPSA) is 84.5 Å². The molecule has 6 heteroatoms. The molecule has 3 aliphatic carbocycles. The van der Waals surface area contributed by atoms with Gasteiger partial charge in [-0.25, -0.2) is 0 Å². The standard InChI is InChI=1S/C37H36N2O4/c1-17-18(2)32-22(14-39)34-33(21(13-38)31(17)32)42-29-10-24-26(12-30(29)43-34)37(16-36(24,7)8)15-35(5,6)23-9-27-28(11-25(23)37)41-20(4)19(3)40-27/h9-12,17-20H,15-16H2,1-8H3. The van der Waals surface area contributed by atoms with Crippen LogP contribution in [0.3, 0.4) is 0 Å². The van der Waals surface area contributed by atoms with E-state index in [2.05, 4.69) is 91.8 Å². The molecule has 218 valence electrons.